The van der Waals surface area contributed by atoms with Crippen LogP contribution in [0, 0.1) is 5.82 Å². The molecule has 0 bridgehead atoms. The number of halogens is 7. The first-order valence-corrected chi connectivity index (χ1v) is 10.0. The molecule has 0 radical (unpaired) electrons. The Kier molecular flexibility index (Phi) is 5.42. The van der Waals surface area contributed by atoms with Gasteiger partial charge in [-0.3, -0.25) is 4.31 Å². The summed E-state index contributed by atoms with van der Waals surface area (Å²) in [6.45, 7) is -0.224. The molecule has 0 fully saturated rings. The summed E-state index contributed by atoms with van der Waals surface area (Å²) in [6, 6.07) is 5.39. The van der Waals surface area contributed by atoms with Gasteiger partial charge in [0.1, 0.15) is 5.82 Å². The molecule has 5 nitrogen and oxygen atoms in total. The lowest BCUT2D eigenvalue weighted by Crippen LogP contribution is -2.54. The lowest BCUT2D eigenvalue weighted by Gasteiger charge is -2.38. The van der Waals surface area contributed by atoms with Gasteiger partial charge < -0.3 is 10.0 Å². The molecule has 1 heterocycles. The highest BCUT2D eigenvalue weighted by Gasteiger charge is 2.71. The summed E-state index contributed by atoms with van der Waals surface area (Å²) in [5, 5.41) is 9.64. The van der Waals surface area contributed by atoms with E-state index in [1.807, 2.05) is 0 Å². The zero-order valence-corrected chi connectivity index (χ0v) is 16.5. The summed E-state index contributed by atoms with van der Waals surface area (Å²) in [7, 11) is -2.94. The van der Waals surface area contributed by atoms with Gasteiger partial charge in [0, 0.05) is 19.2 Å². The van der Waals surface area contributed by atoms with E-state index >= 15 is 0 Å². The number of benzene rings is 2. The molecule has 0 atom stereocenters. The molecule has 0 spiro atoms. The number of nitrogens with zero attached hydrogens (tertiary/aromatic N) is 2. The van der Waals surface area contributed by atoms with Crippen molar-refractivity contribution < 1.29 is 44.3 Å². The average Bonchev–Trinajstić information content (AvgIpc) is 2.66. The topological polar surface area (TPSA) is 60.9 Å². The number of alkyl halides is 6. The van der Waals surface area contributed by atoms with Crippen LogP contribution in [0.5, 0.6) is 0 Å². The van der Waals surface area contributed by atoms with E-state index in [1.54, 1.807) is 0 Å². The Balaban J connectivity index is 2.15. The predicted molar refractivity (Wildman–Crippen MR) is 96.7 cm³/mol. The van der Waals surface area contributed by atoms with Gasteiger partial charge in [0.2, 0.25) is 0 Å². The van der Waals surface area contributed by atoms with Crippen LogP contribution >= 0.6 is 0 Å². The zero-order chi connectivity index (χ0) is 23.4. The van der Waals surface area contributed by atoms with Crippen LogP contribution in [0.15, 0.2) is 47.4 Å². The van der Waals surface area contributed by atoms with E-state index in [2.05, 4.69) is 0 Å². The molecule has 0 amide bonds. The van der Waals surface area contributed by atoms with Crippen molar-refractivity contribution in [3.8, 4) is 0 Å². The van der Waals surface area contributed by atoms with Crippen molar-refractivity contribution in [1.82, 2.24) is 0 Å². The Hall–Kier alpha value is -2.54. The maximum Gasteiger partial charge on any atom is 0.430 e. The van der Waals surface area contributed by atoms with Crippen molar-refractivity contribution in [3.63, 3.8) is 0 Å². The van der Waals surface area contributed by atoms with Crippen molar-refractivity contribution >= 4 is 21.4 Å². The standard InChI is InChI=1S/C18H15F7N2O3S/c1-26-8-9-27(31(29,30)13-5-3-12(19)4-6-13)14-7-2-11(10-15(14)26)16(28,17(20,21)22)18(23,24)25/h2-7,10,28H,8-9H2,1H3. The van der Waals surface area contributed by atoms with Crippen LogP contribution in [0.2, 0.25) is 0 Å². The zero-order valence-electron chi connectivity index (χ0n) is 15.7. The van der Waals surface area contributed by atoms with Crippen molar-refractivity contribution in [2.24, 2.45) is 0 Å². The molecule has 0 saturated heterocycles. The van der Waals surface area contributed by atoms with Gasteiger partial charge in [0.15, 0.2) is 0 Å². The first-order valence-electron chi connectivity index (χ1n) is 8.60. The highest BCUT2D eigenvalue weighted by atomic mass is 32.2. The van der Waals surface area contributed by atoms with Crippen LogP contribution in [0.1, 0.15) is 5.56 Å². The molecular weight excluding hydrogens is 457 g/mol. The Morgan fingerprint density at radius 2 is 1.42 bits per heavy atom. The van der Waals surface area contributed by atoms with E-state index < -0.39 is 39.4 Å². The third-order valence-electron chi connectivity index (χ3n) is 4.93. The summed E-state index contributed by atoms with van der Waals surface area (Å²) in [5.41, 5.74) is -7.09. The maximum atomic E-state index is 13.2. The van der Waals surface area contributed by atoms with Crippen LogP contribution < -0.4 is 9.21 Å². The van der Waals surface area contributed by atoms with Crippen LogP contribution in [0.3, 0.4) is 0 Å². The normalized spacial score (nSPS) is 15.8. The monoisotopic (exact) mass is 472 g/mol. The van der Waals surface area contributed by atoms with Gasteiger partial charge in [0.05, 0.1) is 22.8 Å². The highest BCUT2D eigenvalue weighted by Crippen LogP contribution is 2.51. The fraction of sp³-hybridized carbons (Fsp3) is 0.333. The van der Waals surface area contributed by atoms with Crippen molar-refractivity contribution in [2.45, 2.75) is 22.8 Å². The fourth-order valence-corrected chi connectivity index (χ4v) is 4.69. The van der Waals surface area contributed by atoms with Gasteiger partial charge in [-0.15, -0.1) is 0 Å². The van der Waals surface area contributed by atoms with E-state index in [9.17, 15) is 44.3 Å². The van der Waals surface area contributed by atoms with Crippen molar-refractivity contribution in [2.75, 3.05) is 29.3 Å². The third-order valence-corrected chi connectivity index (χ3v) is 6.76. The third kappa shape index (κ3) is 3.69. The Bertz CT molecular complexity index is 1070. The quantitative estimate of drug-likeness (QED) is 0.691. The smallest absolute Gasteiger partial charge is 0.371 e. The van der Waals surface area contributed by atoms with Gasteiger partial charge in [0.25, 0.3) is 15.6 Å². The summed E-state index contributed by atoms with van der Waals surface area (Å²) in [5.74, 6) is -0.694. The number of fused-ring (bicyclic) bond motifs is 1. The van der Waals surface area contributed by atoms with Crippen molar-refractivity contribution in [1.29, 1.82) is 0 Å². The lowest BCUT2D eigenvalue weighted by atomic mass is 9.91. The SMILES string of the molecule is CN1CCN(S(=O)(=O)c2ccc(F)cc2)c2ccc(C(O)(C(F)(F)F)C(F)(F)F)cc21. The Morgan fingerprint density at radius 1 is 0.871 bits per heavy atom. The van der Waals surface area contributed by atoms with E-state index in [1.165, 1.54) is 11.9 Å². The van der Waals surface area contributed by atoms with Gasteiger partial charge >= 0.3 is 12.4 Å². The van der Waals surface area contributed by atoms with Gasteiger partial charge in [-0.1, -0.05) is 6.07 Å². The summed E-state index contributed by atoms with van der Waals surface area (Å²) in [6.07, 6.45) is -12.2. The van der Waals surface area contributed by atoms with Gasteiger partial charge in [-0.25, -0.2) is 12.8 Å². The van der Waals surface area contributed by atoms with Crippen LogP contribution in [-0.4, -0.2) is 46.0 Å². The highest BCUT2D eigenvalue weighted by molar-refractivity contribution is 7.92. The molecular formula is C18H15F7N2O3S. The molecule has 1 aliphatic heterocycles. The van der Waals surface area contributed by atoms with Crippen LogP contribution in [-0.2, 0) is 15.6 Å². The first-order chi connectivity index (χ1) is 14.1. The van der Waals surface area contributed by atoms with E-state index in [-0.39, 0.29) is 29.4 Å². The minimum absolute atomic E-state index is 0.0622. The number of aliphatic hydroxyl groups is 1. The molecule has 170 valence electrons. The van der Waals surface area contributed by atoms with Crippen LogP contribution in [0.25, 0.3) is 0 Å². The summed E-state index contributed by atoms with van der Waals surface area (Å²) < 4.78 is 119. The molecule has 0 unspecified atom stereocenters. The molecule has 0 aliphatic carbocycles. The van der Waals surface area contributed by atoms with E-state index in [0.29, 0.717) is 12.1 Å². The second-order valence-corrected chi connectivity index (χ2v) is 8.72. The molecule has 1 aliphatic rings. The summed E-state index contributed by atoms with van der Waals surface area (Å²) >= 11 is 0. The minimum atomic E-state index is -6.08. The molecule has 13 heteroatoms. The van der Waals surface area contributed by atoms with E-state index in [4.69, 9.17) is 0 Å². The fourth-order valence-electron chi connectivity index (χ4n) is 3.22. The largest absolute Gasteiger partial charge is 0.430 e. The molecule has 0 saturated carbocycles. The molecule has 3 rings (SSSR count). The molecule has 31 heavy (non-hydrogen) atoms. The van der Waals surface area contributed by atoms with Crippen molar-refractivity contribution in [3.05, 3.63) is 53.8 Å². The van der Waals surface area contributed by atoms with Crippen LogP contribution in [0.4, 0.5) is 42.1 Å². The first kappa shape index (κ1) is 23.1. The van der Waals surface area contributed by atoms with Gasteiger partial charge in [-0.2, -0.15) is 26.3 Å². The maximum absolute atomic E-state index is 13.2. The number of sulfonamides is 1. The lowest BCUT2D eigenvalue weighted by molar-refractivity contribution is -0.376. The Labute approximate surface area is 172 Å². The van der Waals surface area contributed by atoms with E-state index in [0.717, 1.165) is 34.6 Å². The van der Waals surface area contributed by atoms with Gasteiger partial charge in [-0.05, 0) is 36.4 Å². The number of anilines is 2. The number of hydrogen-bond acceptors (Lipinski definition) is 4. The number of rotatable bonds is 3. The molecule has 2 aromatic rings. The Morgan fingerprint density at radius 3 is 1.94 bits per heavy atom. The molecule has 0 aromatic heterocycles. The minimum Gasteiger partial charge on any atom is -0.371 e. The average molecular weight is 472 g/mol. The predicted octanol–water partition coefficient (Wildman–Crippen LogP) is 3.78. The number of likely N-dealkylation sites (N-methyl/N-ethyl adjacent to an activating group) is 1. The molecule has 1 N–H and O–H groups in total. The second kappa shape index (κ2) is 7.26. The summed E-state index contributed by atoms with van der Waals surface area (Å²) in [4.78, 5) is 0.957. The second-order valence-electron chi connectivity index (χ2n) is 6.86. The molecule has 2 aromatic carbocycles. The number of hydrogen-bond donors (Lipinski definition) is 1.